The van der Waals surface area contributed by atoms with Crippen LogP contribution in [0.25, 0.3) is 0 Å². The number of hydrogen-bond donors (Lipinski definition) is 1. The van der Waals surface area contributed by atoms with Gasteiger partial charge < -0.3 is 10.1 Å². The summed E-state index contributed by atoms with van der Waals surface area (Å²) in [6.07, 6.45) is 1.96. The van der Waals surface area contributed by atoms with Crippen molar-refractivity contribution in [2.24, 2.45) is 0 Å². The zero-order valence-corrected chi connectivity index (χ0v) is 9.24. The second-order valence-electron chi connectivity index (χ2n) is 3.85. The van der Waals surface area contributed by atoms with Gasteiger partial charge in [0.15, 0.2) is 0 Å². The summed E-state index contributed by atoms with van der Waals surface area (Å²) in [5.41, 5.74) is 1.02. The Balaban J connectivity index is 2.59. The van der Waals surface area contributed by atoms with Gasteiger partial charge in [0.25, 0.3) is 0 Å². The minimum Gasteiger partial charge on any atom is -0.475 e. The number of ether oxygens (including phenoxy) is 1. The molecule has 1 N–H and O–H groups in total. The third-order valence-electron chi connectivity index (χ3n) is 1.55. The van der Waals surface area contributed by atoms with Crippen molar-refractivity contribution in [3.8, 4) is 5.88 Å². The van der Waals surface area contributed by atoms with Gasteiger partial charge in [0, 0.05) is 12.1 Å². The molecule has 0 atom stereocenters. The maximum Gasteiger partial charge on any atom is 0.213 e. The lowest BCUT2D eigenvalue weighted by molar-refractivity contribution is 0.232. The fourth-order valence-corrected chi connectivity index (χ4v) is 1.11. The predicted molar refractivity (Wildman–Crippen MR) is 58.8 cm³/mol. The molecule has 0 saturated carbocycles. The predicted octanol–water partition coefficient (Wildman–Crippen LogP) is 2.69. The molecule has 14 heavy (non-hydrogen) atoms. The minimum atomic E-state index is 0.173. The van der Waals surface area contributed by atoms with E-state index in [1.165, 1.54) is 0 Å². The van der Waals surface area contributed by atoms with Crippen LogP contribution in [0.3, 0.4) is 0 Å². The maximum absolute atomic E-state index is 5.44. The molecule has 0 aliphatic carbocycles. The Labute approximate surface area is 85.5 Å². The van der Waals surface area contributed by atoms with Gasteiger partial charge in [0.2, 0.25) is 5.88 Å². The first-order chi connectivity index (χ1) is 6.58. The van der Waals surface area contributed by atoms with E-state index >= 15 is 0 Å². The van der Waals surface area contributed by atoms with E-state index in [9.17, 15) is 0 Å². The molecule has 0 aliphatic heterocycles. The number of aromatic nitrogens is 1. The summed E-state index contributed by atoms with van der Waals surface area (Å²) in [5.74, 6) is 0.675. The van der Waals surface area contributed by atoms with E-state index in [-0.39, 0.29) is 6.10 Å². The number of pyridine rings is 1. The van der Waals surface area contributed by atoms with Gasteiger partial charge in [-0.3, -0.25) is 0 Å². The summed E-state index contributed by atoms with van der Waals surface area (Å²) in [5, 5.41) is 3.27. The van der Waals surface area contributed by atoms with Gasteiger partial charge >= 0.3 is 0 Å². The van der Waals surface area contributed by atoms with E-state index in [1.807, 2.05) is 26.0 Å². The van der Waals surface area contributed by atoms with Gasteiger partial charge in [0.05, 0.1) is 18.0 Å². The first kappa shape index (κ1) is 10.8. The van der Waals surface area contributed by atoms with Gasteiger partial charge in [-0.2, -0.15) is 0 Å². The lowest BCUT2D eigenvalue weighted by Gasteiger charge is -2.11. The molecule has 3 nitrogen and oxygen atoms in total. The fraction of sp³-hybridized carbons (Fsp3) is 0.545. The van der Waals surface area contributed by atoms with E-state index in [2.05, 4.69) is 24.1 Å². The Morgan fingerprint density at radius 1 is 1.21 bits per heavy atom. The van der Waals surface area contributed by atoms with Crippen LogP contribution in [0.4, 0.5) is 5.69 Å². The Hall–Kier alpha value is -1.25. The van der Waals surface area contributed by atoms with Crippen LogP contribution in [0.2, 0.25) is 0 Å². The highest BCUT2D eigenvalue weighted by Gasteiger charge is 1.99. The second kappa shape index (κ2) is 4.84. The molecule has 0 aromatic carbocycles. The Kier molecular flexibility index (Phi) is 3.74. The van der Waals surface area contributed by atoms with E-state index in [4.69, 9.17) is 4.74 Å². The van der Waals surface area contributed by atoms with Crippen molar-refractivity contribution in [2.75, 3.05) is 5.32 Å². The highest BCUT2D eigenvalue weighted by atomic mass is 16.5. The van der Waals surface area contributed by atoms with E-state index in [0.717, 1.165) is 5.69 Å². The van der Waals surface area contributed by atoms with Crippen LogP contribution in [0.15, 0.2) is 18.3 Å². The molecule has 78 valence electrons. The van der Waals surface area contributed by atoms with Gasteiger partial charge in [-0.15, -0.1) is 0 Å². The fourth-order valence-electron chi connectivity index (χ4n) is 1.11. The van der Waals surface area contributed by atoms with Crippen LogP contribution in [-0.4, -0.2) is 17.1 Å². The molecule has 0 spiro atoms. The Morgan fingerprint density at radius 2 is 1.93 bits per heavy atom. The lowest BCUT2D eigenvalue weighted by Crippen LogP contribution is -2.10. The second-order valence-corrected chi connectivity index (χ2v) is 3.85. The number of anilines is 1. The van der Waals surface area contributed by atoms with Gasteiger partial charge in [-0.1, -0.05) is 0 Å². The molecule has 0 aliphatic rings. The number of nitrogens with zero attached hydrogens (tertiary/aromatic N) is 1. The van der Waals surface area contributed by atoms with Crippen LogP contribution in [0.5, 0.6) is 5.88 Å². The molecule has 0 unspecified atom stereocenters. The third-order valence-corrected chi connectivity index (χ3v) is 1.55. The first-order valence-corrected chi connectivity index (χ1v) is 4.97. The number of nitrogens with one attached hydrogen (secondary N) is 1. The molecule has 0 fully saturated rings. The van der Waals surface area contributed by atoms with Gasteiger partial charge in [0.1, 0.15) is 0 Å². The molecule has 1 aromatic heterocycles. The monoisotopic (exact) mass is 194 g/mol. The van der Waals surface area contributed by atoms with Crippen LogP contribution in [0, 0.1) is 0 Å². The summed E-state index contributed by atoms with van der Waals surface area (Å²) >= 11 is 0. The summed E-state index contributed by atoms with van der Waals surface area (Å²) in [6, 6.07) is 4.28. The molecule has 1 aromatic rings. The Morgan fingerprint density at radius 3 is 2.36 bits per heavy atom. The van der Waals surface area contributed by atoms with E-state index < -0.39 is 0 Å². The highest BCUT2D eigenvalue weighted by Crippen LogP contribution is 2.13. The van der Waals surface area contributed by atoms with Gasteiger partial charge in [-0.25, -0.2) is 4.98 Å². The van der Waals surface area contributed by atoms with Crippen molar-refractivity contribution in [1.29, 1.82) is 0 Å². The first-order valence-electron chi connectivity index (χ1n) is 4.97. The number of rotatable bonds is 4. The molecule has 0 radical (unpaired) electrons. The van der Waals surface area contributed by atoms with Gasteiger partial charge in [-0.05, 0) is 33.8 Å². The van der Waals surface area contributed by atoms with Crippen molar-refractivity contribution < 1.29 is 4.74 Å². The molecule has 0 bridgehead atoms. The SMILES string of the molecule is CC(C)Nc1ccc(OC(C)C)nc1. The summed E-state index contributed by atoms with van der Waals surface area (Å²) in [4.78, 5) is 4.19. The lowest BCUT2D eigenvalue weighted by atomic mass is 10.3. The molecule has 0 saturated heterocycles. The standard InChI is InChI=1S/C11H18N2O/c1-8(2)13-10-5-6-11(12-7-10)14-9(3)4/h5-9,13H,1-4H3. The average Bonchev–Trinajstić information content (AvgIpc) is 2.06. The van der Waals surface area contributed by atoms with E-state index in [0.29, 0.717) is 11.9 Å². The molecule has 3 heteroatoms. The van der Waals surface area contributed by atoms with Crippen LogP contribution < -0.4 is 10.1 Å². The van der Waals surface area contributed by atoms with Crippen molar-refractivity contribution in [1.82, 2.24) is 4.98 Å². The molecular weight excluding hydrogens is 176 g/mol. The summed E-state index contributed by atoms with van der Waals surface area (Å²) in [6.45, 7) is 8.17. The summed E-state index contributed by atoms with van der Waals surface area (Å²) in [7, 11) is 0. The average molecular weight is 194 g/mol. The Bertz CT molecular complexity index is 238. The van der Waals surface area contributed by atoms with E-state index in [1.54, 1.807) is 6.20 Å². The van der Waals surface area contributed by atoms with Crippen LogP contribution in [0.1, 0.15) is 27.7 Å². The zero-order chi connectivity index (χ0) is 10.6. The van der Waals surface area contributed by atoms with Crippen molar-refractivity contribution in [3.05, 3.63) is 18.3 Å². The molecule has 1 heterocycles. The number of hydrogen-bond acceptors (Lipinski definition) is 3. The highest BCUT2D eigenvalue weighted by molar-refractivity contribution is 5.42. The third kappa shape index (κ3) is 3.64. The molecule has 1 rings (SSSR count). The normalized spacial score (nSPS) is 10.7. The van der Waals surface area contributed by atoms with Crippen LogP contribution in [-0.2, 0) is 0 Å². The molecule has 0 amide bonds. The smallest absolute Gasteiger partial charge is 0.213 e. The largest absolute Gasteiger partial charge is 0.475 e. The quantitative estimate of drug-likeness (QED) is 0.800. The van der Waals surface area contributed by atoms with Crippen LogP contribution >= 0.6 is 0 Å². The maximum atomic E-state index is 5.44. The zero-order valence-electron chi connectivity index (χ0n) is 9.24. The molecular formula is C11H18N2O. The van der Waals surface area contributed by atoms with Crippen molar-refractivity contribution in [2.45, 2.75) is 39.8 Å². The topological polar surface area (TPSA) is 34.1 Å². The summed E-state index contributed by atoms with van der Waals surface area (Å²) < 4.78 is 5.44. The minimum absolute atomic E-state index is 0.173. The van der Waals surface area contributed by atoms with Crippen molar-refractivity contribution >= 4 is 5.69 Å². The van der Waals surface area contributed by atoms with Crippen molar-refractivity contribution in [3.63, 3.8) is 0 Å².